The molecule has 1 fully saturated rings. The minimum Gasteiger partial charge on any atom is -0.350 e. The molecule has 0 aliphatic carbocycles. The number of rotatable bonds is 7. The highest BCUT2D eigenvalue weighted by molar-refractivity contribution is 5.94. The van der Waals surface area contributed by atoms with Crippen LogP contribution in [0.2, 0.25) is 0 Å². The van der Waals surface area contributed by atoms with Crippen LogP contribution in [0.1, 0.15) is 49.5 Å². The van der Waals surface area contributed by atoms with Crippen molar-refractivity contribution in [1.29, 1.82) is 0 Å². The Labute approximate surface area is 158 Å². The van der Waals surface area contributed by atoms with Crippen molar-refractivity contribution in [2.45, 2.75) is 52.2 Å². The van der Waals surface area contributed by atoms with Gasteiger partial charge in [0.25, 0.3) is 5.91 Å². The van der Waals surface area contributed by atoms with Gasteiger partial charge in [-0.3, -0.25) is 9.69 Å². The highest BCUT2D eigenvalue weighted by atomic mass is 35.5. The fourth-order valence-electron chi connectivity index (χ4n) is 2.90. The van der Waals surface area contributed by atoms with Gasteiger partial charge in [-0.15, -0.1) is 24.8 Å². The van der Waals surface area contributed by atoms with Crippen molar-refractivity contribution in [2.24, 2.45) is 0 Å². The first-order valence-corrected chi connectivity index (χ1v) is 8.44. The Balaban J connectivity index is 0.00000264. The second-order valence-corrected chi connectivity index (χ2v) is 6.36. The lowest BCUT2D eigenvalue weighted by Gasteiger charge is -2.24. The maximum absolute atomic E-state index is 12.1. The van der Waals surface area contributed by atoms with Crippen LogP contribution in [0.3, 0.4) is 0 Å². The molecule has 1 saturated heterocycles. The highest BCUT2D eigenvalue weighted by Gasteiger charge is 2.15. The SMILES string of the molecule is CCN(Cc1ccc(C(=O)NCC2CCCN2)cc1)C(C)C.Cl.Cl. The lowest BCUT2D eigenvalue weighted by Crippen LogP contribution is -2.37. The normalized spacial score (nSPS) is 16.6. The summed E-state index contributed by atoms with van der Waals surface area (Å²) in [6, 6.07) is 8.96. The van der Waals surface area contributed by atoms with Crippen molar-refractivity contribution in [2.75, 3.05) is 19.6 Å². The Bertz CT molecular complexity index is 474. The van der Waals surface area contributed by atoms with E-state index in [0.717, 1.165) is 38.2 Å². The van der Waals surface area contributed by atoms with E-state index in [1.807, 2.05) is 12.1 Å². The molecular weight excluding hydrogens is 345 g/mol. The Morgan fingerprint density at radius 1 is 1.29 bits per heavy atom. The van der Waals surface area contributed by atoms with Gasteiger partial charge in [0.1, 0.15) is 0 Å². The molecule has 1 aromatic rings. The van der Waals surface area contributed by atoms with Crippen LogP contribution in [0.25, 0.3) is 0 Å². The standard InChI is InChI=1S/C18H29N3O.2ClH/c1-4-21(14(2)3)13-15-7-9-16(10-8-15)18(22)20-12-17-6-5-11-19-17;;/h7-10,14,17,19H,4-6,11-13H2,1-3H3,(H,20,22);2*1H. The fourth-order valence-corrected chi connectivity index (χ4v) is 2.90. The number of benzene rings is 1. The van der Waals surface area contributed by atoms with Gasteiger partial charge in [-0.1, -0.05) is 19.1 Å². The molecule has 1 aromatic carbocycles. The molecule has 4 nitrogen and oxygen atoms in total. The van der Waals surface area contributed by atoms with Crippen LogP contribution in [0.15, 0.2) is 24.3 Å². The van der Waals surface area contributed by atoms with Crippen LogP contribution < -0.4 is 10.6 Å². The molecule has 24 heavy (non-hydrogen) atoms. The van der Waals surface area contributed by atoms with Crippen molar-refractivity contribution in [3.63, 3.8) is 0 Å². The molecule has 1 aliphatic rings. The molecular formula is C18H31Cl2N3O. The Hall–Kier alpha value is -0.810. The van der Waals surface area contributed by atoms with Gasteiger partial charge in [-0.05, 0) is 57.5 Å². The summed E-state index contributed by atoms with van der Waals surface area (Å²) in [5.74, 6) is 0.0245. The predicted octanol–water partition coefficient (Wildman–Crippen LogP) is 3.24. The summed E-state index contributed by atoms with van der Waals surface area (Å²) in [6.45, 7) is 10.4. The molecule has 0 bridgehead atoms. The molecule has 0 saturated carbocycles. The average molecular weight is 376 g/mol. The molecule has 1 aliphatic heterocycles. The fraction of sp³-hybridized carbons (Fsp3) is 0.611. The largest absolute Gasteiger partial charge is 0.350 e. The molecule has 0 spiro atoms. The zero-order chi connectivity index (χ0) is 15.9. The summed E-state index contributed by atoms with van der Waals surface area (Å²) in [4.78, 5) is 14.6. The maximum Gasteiger partial charge on any atom is 0.251 e. The number of carbonyl (C=O) groups is 1. The van der Waals surface area contributed by atoms with E-state index in [9.17, 15) is 4.79 Å². The zero-order valence-corrected chi connectivity index (χ0v) is 16.5. The third-order valence-corrected chi connectivity index (χ3v) is 4.41. The number of hydrogen-bond acceptors (Lipinski definition) is 3. The van der Waals surface area contributed by atoms with Gasteiger partial charge < -0.3 is 10.6 Å². The zero-order valence-electron chi connectivity index (χ0n) is 14.9. The van der Waals surface area contributed by atoms with Gasteiger partial charge in [0.2, 0.25) is 0 Å². The van der Waals surface area contributed by atoms with E-state index in [1.165, 1.54) is 12.0 Å². The number of amides is 1. The van der Waals surface area contributed by atoms with E-state index in [1.54, 1.807) is 0 Å². The van der Waals surface area contributed by atoms with Crippen LogP contribution in [0.4, 0.5) is 0 Å². The molecule has 0 aromatic heterocycles. The highest BCUT2D eigenvalue weighted by Crippen LogP contribution is 2.10. The molecule has 1 unspecified atom stereocenters. The van der Waals surface area contributed by atoms with Crippen molar-refractivity contribution >= 4 is 30.7 Å². The van der Waals surface area contributed by atoms with Gasteiger partial charge in [0, 0.05) is 30.7 Å². The van der Waals surface area contributed by atoms with Crippen LogP contribution in [-0.4, -0.2) is 42.5 Å². The predicted molar refractivity (Wildman–Crippen MR) is 106 cm³/mol. The van der Waals surface area contributed by atoms with E-state index in [-0.39, 0.29) is 30.7 Å². The smallest absolute Gasteiger partial charge is 0.251 e. The third-order valence-electron chi connectivity index (χ3n) is 4.41. The minimum atomic E-state index is 0. The first-order valence-electron chi connectivity index (χ1n) is 8.44. The Morgan fingerprint density at radius 3 is 2.46 bits per heavy atom. The van der Waals surface area contributed by atoms with Crippen LogP contribution >= 0.6 is 24.8 Å². The number of carbonyl (C=O) groups excluding carboxylic acids is 1. The molecule has 2 N–H and O–H groups in total. The number of nitrogens with zero attached hydrogens (tertiary/aromatic N) is 1. The summed E-state index contributed by atoms with van der Waals surface area (Å²) in [6.07, 6.45) is 2.36. The lowest BCUT2D eigenvalue weighted by atomic mass is 10.1. The van der Waals surface area contributed by atoms with Gasteiger partial charge in [-0.2, -0.15) is 0 Å². The van der Waals surface area contributed by atoms with Gasteiger partial charge in [0.15, 0.2) is 0 Å². The summed E-state index contributed by atoms with van der Waals surface area (Å²) in [7, 11) is 0. The maximum atomic E-state index is 12.1. The first-order chi connectivity index (χ1) is 10.6. The lowest BCUT2D eigenvalue weighted by molar-refractivity contribution is 0.0950. The number of nitrogens with one attached hydrogen (secondary N) is 2. The number of hydrogen-bond donors (Lipinski definition) is 2. The Morgan fingerprint density at radius 2 is 1.96 bits per heavy atom. The van der Waals surface area contributed by atoms with E-state index in [0.29, 0.717) is 12.1 Å². The first kappa shape index (κ1) is 23.2. The molecule has 1 atom stereocenters. The van der Waals surface area contributed by atoms with E-state index in [2.05, 4.69) is 48.4 Å². The monoisotopic (exact) mass is 375 g/mol. The molecule has 138 valence electrons. The van der Waals surface area contributed by atoms with E-state index >= 15 is 0 Å². The molecule has 6 heteroatoms. The van der Waals surface area contributed by atoms with Gasteiger partial charge in [0.05, 0.1) is 0 Å². The quantitative estimate of drug-likeness (QED) is 0.768. The van der Waals surface area contributed by atoms with Gasteiger partial charge in [-0.25, -0.2) is 0 Å². The van der Waals surface area contributed by atoms with Gasteiger partial charge >= 0.3 is 0 Å². The van der Waals surface area contributed by atoms with Crippen molar-refractivity contribution in [3.8, 4) is 0 Å². The summed E-state index contributed by atoms with van der Waals surface area (Å²) < 4.78 is 0. The summed E-state index contributed by atoms with van der Waals surface area (Å²) in [5.41, 5.74) is 2.00. The third kappa shape index (κ3) is 6.98. The molecule has 1 amide bonds. The van der Waals surface area contributed by atoms with Crippen LogP contribution in [0.5, 0.6) is 0 Å². The van der Waals surface area contributed by atoms with Crippen molar-refractivity contribution < 1.29 is 4.79 Å². The summed E-state index contributed by atoms with van der Waals surface area (Å²) >= 11 is 0. The van der Waals surface area contributed by atoms with Crippen LogP contribution in [0, 0.1) is 0 Å². The second kappa shape index (κ2) is 11.7. The summed E-state index contributed by atoms with van der Waals surface area (Å²) in [5, 5.41) is 6.41. The number of halogens is 2. The van der Waals surface area contributed by atoms with E-state index in [4.69, 9.17) is 0 Å². The minimum absolute atomic E-state index is 0. The van der Waals surface area contributed by atoms with Crippen molar-refractivity contribution in [3.05, 3.63) is 35.4 Å². The molecule has 0 radical (unpaired) electrons. The molecule has 2 rings (SSSR count). The average Bonchev–Trinajstić information content (AvgIpc) is 3.04. The topological polar surface area (TPSA) is 44.4 Å². The van der Waals surface area contributed by atoms with E-state index < -0.39 is 0 Å². The van der Waals surface area contributed by atoms with Crippen molar-refractivity contribution in [1.82, 2.24) is 15.5 Å². The molecule has 1 heterocycles. The second-order valence-electron chi connectivity index (χ2n) is 6.36. The Kier molecular flexibility index (Phi) is 11.3. The van der Waals surface area contributed by atoms with Crippen LogP contribution in [-0.2, 0) is 6.54 Å².